The highest BCUT2D eigenvalue weighted by molar-refractivity contribution is 5.97. The lowest BCUT2D eigenvalue weighted by Crippen LogP contribution is -2.34. The highest BCUT2D eigenvalue weighted by Crippen LogP contribution is 2.55. The van der Waals surface area contributed by atoms with Crippen LogP contribution in [-0.4, -0.2) is 48.9 Å². The molecule has 3 fully saturated rings. The number of methoxy groups -OCH3 is 1. The summed E-state index contributed by atoms with van der Waals surface area (Å²) in [5.41, 5.74) is -0.00171. The van der Waals surface area contributed by atoms with Crippen LogP contribution in [0.5, 0.6) is 5.75 Å². The molecule has 2 N–H and O–H groups in total. The van der Waals surface area contributed by atoms with Gasteiger partial charge in [0.15, 0.2) is 11.6 Å². The molecule has 1 spiro atoms. The summed E-state index contributed by atoms with van der Waals surface area (Å²) in [5.74, 6) is -1.54. The molecular formula is C21H24FN3O4. The molecule has 1 unspecified atom stereocenters. The zero-order valence-electron chi connectivity index (χ0n) is 16.5. The van der Waals surface area contributed by atoms with Gasteiger partial charge in [-0.3, -0.25) is 4.79 Å². The third kappa shape index (κ3) is 2.65. The Hall–Kier alpha value is -2.61. The first-order valence-electron chi connectivity index (χ1n) is 10.0. The molecule has 0 bridgehead atoms. The fourth-order valence-corrected chi connectivity index (χ4v) is 4.93. The van der Waals surface area contributed by atoms with Crippen molar-refractivity contribution in [1.82, 2.24) is 9.88 Å². The summed E-state index contributed by atoms with van der Waals surface area (Å²) in [5, 5.41) is 12.9. The summed E-state index contributed by atoms with van der Waals surface area (Å²) in [6, 6.07) is 1.57. The number of nitrogens with one attached hydrogen (secondary N) is 1. The number of carboxylic acid groups (broad SMARTS) is 1. The predicted molar refractivity (Wildman–Crippen MR) is 107 cm³/mol. The van der Waals surface area contributed by atoms with Gasteiger partial charge >= 0.3 is 5.97 Å². The van der Waals surface area contributed by atoms with E-state index < -0.39 is 17.2 Å². The van der Waals surface area contributed by atoms with Gasteiger partial charge in [0.2, 0.25) is 5.43 Å². The molecule has 1 aliphatic heterocycles. The number of benzene rings is 1. The number of pyridine rings is 1. The molecule has 1 atom stereocenters. The van der Waals surface area contributed by atoms with E-state index in [0.717, 1.165) is 32.2 Å². The first-order chi connectivity index (χ1) is 13.9. The summed E-state index contributed by atoms with van der Waals surface area (Å²) < 4.78 is 22.8. The number of anilines is 1. The minimum Gasteiger partial charge on any atom is -0.492 e. The predicted octanol–water partition coefficient (Wildman–Crippen LogP) is 2.37. The Balaban J connectivity index is 1.75. The van der Waals surface area contributed by atoms with Gasteiger partial charge in [-0.1, -0.05) is 0 Å². The van der Waals surface area contributed by atoms with Gasteiger partial charge in [-0.25, -0.2) is 9.18 Å². The van der Waals surface area contributed by atoms with Crippen LogP contribution >= 0.6 is 0 Å². The number of aromatic nitrogens is 1. The number of halogens is 1. The maximum atomic E-state index is 15.3. The Morgan fingerprint density at radius 3 is 2.62 bits per heavy atom. The van der Waals surface area contributed by atoms with Crippen LogP contribution in [0.2, 0.25) is 0 Å². The van der Waals surface area contributed by atoms with E-state index in [0.29, 0.717) is 23.5 Å². The van der Waals surface area contributed by atoms with E-state index >= 15 is 4.39 Å². The smallest absolute Gasteiger partial charge is 0.341 e. The SMILES string of the molecule is CNC1CN(c2c(F)cc3c(=O)c(C(=O)O)cn(C4CC4)c3c2OC)CC12CC2. The van der Waals surface area contributed by atoms with Gasteiger partial charge < -0.3 is 24.6 Å². The Morgan fingerprint density at radius 1 is 1.38 bits per heavy atom. The quantitative estimate of drug-likeness (QED) is 0.800. The standard InChI is InChI=1S/C21H24FN3O4/c1-23-15-9-24(10-21(15)5-6-21)17-14(22)7-12-16(19(17)29-2)25(11-3-4-11)8-13(18(12)26)20(27)28/h7-8,11,15,23H,3-6,9-10H2,1-2H3,(H,27,28). The molecule has 0 radical (unpaired) electrons. The molecule has 2 aliphatic carbocycles. The second kappa shape index (κ2) is 6.19. The monoisotopic (exact) mass is 401 g/mol. The number of aromatic carboxylic acids is 1. The van der Waals surface area contributed by atoms with Crippen LogP contribution < -0.4 is 20.4 Å². The average molecular weight is 401 g/mol. The van der Waals surface area contributed by atoms with Crippen molar-refractivity contribution in [2.75, 3.05) is 32.1 Å². The van der Waals surface area contributed by atoms with Gasteiger partial charge in [-0.05, 0) is 38.8 Å². The van der Waals surface area contributed by atoms with Crippen LogP contribution in [0.25, 0.3) is 10.9 Å². The van der Waals surface area contributed by atoms with E-state index in [1.54, 1.807) is 4.57 Å². The molecule has 2 aromatic rings. The third-order valence-corrected chi connectivity index (χ3v) is 6.78. The lowest BCUT2D eigenvalue weighted by molar-refractivity contribution is 0.0695. The number of likely N-dealkylation sites (N-methyl/N-ethyl adjacent to an activating group) is 1. The summed E-state index contributed by atoms with van der Waals surface area (Å²) in [6.07, 6.45) is 5.39. The van der Waals surface area contributed by atoms with Crippen molar-refractivity contribution in [3.63, 3.8) is 0 Å². The average Bonchev–Trinajstić information content (AvgIpc) is 3.60. The Morgan fingerprint density at radius 2 is 2.10 bits per heavy atom. The number of carboxylic acids is 1. The van der Waals surface area contributed by atoms with Crippen LogP contribution in [0.15, 0.2) is 17.1 Å². The van der Waals surface area contributed by atoms with Crippen molar-refractivity contribution < 1.29 is 19.0 Å². The largest absolute Gasteiger partial charge is 0.492 e. The lowest BCUT2D eigenvalue weighted by Gasteiger charge is -2.24. The number of carbonyl (C=O) groups is 1. The second-order valence-corrected chi connectivity index (χ2v) is 8.54. The van der Waals surface area contributed by atoms with Crippen molar-refractivity contribution in [2.45, 2.75) is 37.8 Å². The molecule has 1 saturated heterocycles. The van der Waals surface area contributed by atoms with E-state index in [2.05, 4.69) is 5.32 Å². The van der Waals surface area contributed by atoms with E-state index in [1.807, 2.05) is 11.9 Å². The molecule has 1 aromatic carbocycles. The van der Waals surface area contributed by atoms with Crippen LogP contribution in [0.3, 0.4) is 0 Å². The zero-order valence-corrected chi connectivity index (χ0v) is 16.5. The lowest BCUT2D eigenvalue weighted by atomic mass is 10.0. The van der Waals surface area contributed by atoms with Crippen molar-refractivity contribution in [1.29, 1.82) is 0 Å². The van der Waals surface area contributed by atoms with E-state index in [9.17, 15) is 14.7 Å². The molecule has 2 saturated carbocycles. The van der Waals surface area contributed by atoms with Crippen molar-refractivity contribution in [3.8, 4) is 5.75 Å². The molecule has 2 heterocycles. The van der Waals surface area contributed by atoms with Crippen LogP contribution in [0, 0.1) is 11.2 Å². The number of hydrogen-bond acceptors (Lipinski definition) is 5. The number of hydrogen-bond donors (Lipinski definition) is 2. The van der Waals surface area contributed by atoms with Gasteiger partial charge in [0.25, 0.3) is 0 Å². The van der Waals surface area contributed by atoms with Crippen LogP contribution in [0.1, 0.15) is 42.1 Å². The van der Waals surface area contributed by atoms with Gasteiger partial charge in [0, 0.05) is 36.8 Å². The highest BCUT2D eigenvalue weighted by Gasteiger charge is 2.55. The Bertz CT molecular complexity index is 1090. The third-order valence-electron chi connectivity index (χ3n) is 6.78. The summed E-state index contributed by atoms with van der Waals surface area (Å²) >= 11 is 0. The minimum atomic E-state index is -1.30. The molecule has 1 aromatic heterocycles. The summed E-state index contributed by atoms with van der Waals surface area (Å²) in [6.45, 7) is 1.40. The number of ether oxygens (including phenoxy) is 1. The number of nitrogens with zero attached hydrogens (tertiary/aromatic N) is 2. The maximum absolute atomic E-state index is 15.3. The zero-order chi connectivity index (χ0) is 20.5. The number of fused-ring (bicyclic) bond motifs is 1. The molecule has 7 nitrogen and oxygen atoms in total. The molecular weight excluding hydrogens is 377 g/mol. The molecule has 3 aliphatic rings. The molecule has 8 heteroatoms. The maximum Gasteiger partial charge on any atom is 0.341 e. The first-order valence-corrected chi connectivity index (χ1v) is 10.0. The van der Waals surface area contributed by atoms with E-state index in [4.69, 9.17) is 4.74 Å². The molecule has 154 valence electrons. The van der Waals surface area contributed by atoms with Gasteiger partial charge in [0.1, 0.15) is 11.3 Å². The minimum absolute atomic E-state index is 0.0559. The summed E-state index contributed by atoms with van der Waals surface area (Å²) in [4.78, 5) is 26.4. The topological polar surface area (TPSA) is 83.8 Å². The van der Waals surface area contributed by atoms with E-state index in [1.165, 1.54) is 19.4 Å². The van der Waals surface area contributed by atoms with Gasteiger partial charge in [0.05, 0.1) is 18.0 Å². The highest BCUT2D eigenvalue weighted by atomic mass is 19.1. The molecule has 29 heavy (non-hydrogen) atoms. The Labute approximate surface area is 167 Å². The summed E-state index contributed by atoms with van der Waals surface area (Å²) in [7, 11) is 3.41. The normalized spacial score (nSPS) is 22.4. The van der Waals surface area contributed by atoms with E-state index in [-0.39, 0.29) is 28.4 Å². The first kappa shape index (κ1) is 18.4. The van der Waals surface area contributed by atoms with Crippen LogP contribution in [0.4, 0.5) is 10.1 Å². The molecule has 5 rings (SSSR count). The van der Waals surface area contributed by atoms with Crippen molar-refractivity contribution >= 4 is 22.6 Å². The fourth-order valence-electron chi connectivity index (χ4n) is 4.93. The Kier molecular flexibility index (Phi) is 3.93. The fraction of sp³-hybridized carbons (Fsp3) is 0.524. The second-order valence-electron chi connectivity index (χ2n) is 8.54. The van der Waals surface area contributed by atoms with Gasteiger partial charge in [-0.2, -0.15) is 0 Å². The molecule has 0 amide bonds. The van der Waals surface area contributed by atoms with Crippen LogP contribution in [-0.2, 0) is 0 Å². The van der Waals surface area contributed by atoms with Crippen molar-refractivity contribution in [2.24, 2.45) is 5.41 Å². The van der Waals surface area contributed by atoms with Crippen molar-refractivity contribution in [3.05, 3.63) is 33.9 Å². The number of rotatable bonds is 5. The van der Waals surface area contributed by atoms with Gasteiger partial charge in [-0.15, -0.1) is 0 Å².